The van der Waals surface area contributed by atoms with Crippen molar-refractivity contribution in [1.82, 2.24) is 9.55 Å². The molecule has 1 aliphatic heterocycles. The first-order valence-corrected chi connectivity index (χ1v) is 7.35. The Hall–Kier alpha value is -1.51. The van der Waals surface area contributed by atoms with Crippen molar-refractivity contribution in [2.24, 2.45) is 5.92 Å². The van der Waals surface area contributed by atoms with Crippen molar-refractivity contribution in [3.8, 4) is 0 Å². The van der Waals surface area contributed by atoms with Gasteiger partial charge in [0.15, 0.2) is 17.9 Å². The van der Waals surface area contributed by atoms with Crippen LogP contribution in [0, 0.1) is 11.7 Å². The monoisotopic (exact) mass is 315 g/mol. The van der Waals surface area contributed by atoms with E-state index in [4.69, 9.17) is 4.74 Å². The van der Waals surface area contributed by atoms with Crippen molar-refractivity contribution < 1.29 is 19.3 Å². The SMILES string of the molecule is CC(C)CCNc1nc(=O)n([C@@H]2O[C@H](C)[C@@H](O)[C@H]2O)cc1F. The van der Waals surface area contributed by atoms with Crippen LogP contribution in [-0.2, 0) is 4.74 Å². The number of aliphatic hydroxyl groups excluding tert-OH is 2. The Bertz CT molecular complexity index is 578. The summed E-state index contributed by atoms with van der Waals surface area (Å²) in [6.45, 7) is 6.14. The number of aliphatic hydroxyl groups is 2. The zero-order chi connectivity index (χ0) is 16.4. The minimum absolute atomic E-state index is 0.122. The lowest BCUT2D eigenvalue weighted by Gasteiger charge is -2.18. The third-order valence-corrected chi connectivity index (χ3v) is 3.67. The van der Waals surface area contributed by atoms with Crippen molar-refractivity contribution in [3.63, 3.8) is 0 Å². The first kappa shape index (κ1) is 16.9. The summed E-state index contributed by atoms with van der Waals surface area (Å²) in [5, 5.41) is 22.3. The lowest BCUT2D eigenvalue weighted by Crippen LogP contribution is -2.36. The zero-order valence-corrected chi connectivity index (χ0v) is 12.9. The maximum Gasteiger partial charge on any atom is 0.351 e. The number of hydrogen-bond donors (Lipinski definition) is 3. The predicted molar refractivity (Wildman–Crippen MR) is 78.0 cm³/mol. The Labute approximate surface area is 127 Å². The van der Waals surface area contributed by atoms with Crippen LogP contribution in [0.1, 0.15) is 33.4 Å². The fourth-order valence-electron chi connectivity index (χ4n) is 2.29. The summed E-state index contributed by atoms with van der Waals surface area (Å²) < 4.78 is 20.2. The highest BCUT2D eigenvalue weighted by atomic mass is 19.1. The average Bonchev–Trinajstić information content (AvgIpc) is 2.69. The van der Waals surface area contributed by atoms with Gasteiger partial charge in [0.2, 0.25) is 0 Å². The Morgan fingerprint density at radius 3 is 2.68 bits per heavy atom. The Morgan fingerprint density at radius 2 is 2.14 bits per heavy atom. The van der Waals surface area contributed by atoms with Crippen molar-refractivity contribution in [2.75, 3.05) is 11.9 Å². The van der Waals surface area contributed by atoms with Gasteiger partial charge in [-0.05, 0) is 19.3 Å². The molecular formula is C14H22FN3O4. The van der Waals surface area contributed by atoms with Gasteiger partial charge in [0.1, 0.15) is 12.2 Å². The van der Waals surface area contributed by atoms with Gasteiger partial charge in [-0.3, -0.25) is 4.57 Å². The summed E-state index contributed by atoms with van der Waals surface area (Å²) in [4.78, 5) is 15.7. The lowest BCUT2D eigenvalue weighted by atomic mass is 10.1. The average molecular weight is 315 g/mol. The summed E-state index contributed by atoms with van der Waals surface area (Å²) in [6, 6.07) is 0. The van der Waals surface area contributed by atoms with Crippen LogP contribution in [-0.4, -0.2) is 44.6 Å². The number of nitrogens with zero attached hydrogens (tertiary/aromatic N) is 2. The van der Waals surface area contributed by atoms with Gasteiger partial charge in [-0.15, -0.1) is 0 Å². The Kier molecular flexibility index (Phi) is 5.15. The molecule has 1 aromatic rings. The van der Waals surface area contributed by atoms with Gasteiger partial charge >= 0.3 is 5.69 Å². The standard InChI is InChI=1S/C14H22FN3O4/c1-7(2)4-5-16-12-9(15)6-18(14(21)17-12)13-11(20)10(19)8(3)22-13/h6-8,10-11,13,19-20H,4-5H2,1-3H3,(H,16,17,21)/t8-,10-,11-,13-/m1/s1. The third kappa shape index (κ3) is 3.45. The number of nitrogens with one attached hydrogen (secondary N) is 1. The van der Waals surface area contributed by atoms with Crippen LogP contribution in [0.4, 0.5) is 10.2 Å². The second kappa shape index (κ2) is 6.72. The Morgan fingerprint density at radius 1 is 1.45 bits per heavy atom. The molecule has 2 rings (SSSR count). The molecule has 0 aromatic carbocycles. The molecule has 0 amide bonds. The quantitative estimate of drug-likeness (QED) is 0.731. The molecule has 0 saturated carbocycles. The molecular weight excluding hydrogens is 293 g/mol. The van der Waals surface area contributed by atoms with E-state index >= 15 is 0 Å². The van der Waals surface area contributed by atoms with Crippen molar-refractivity contribution in [1.29, 1.82) is 0 Å². The zero-order valence-electron chi connectivity index (χ0n) is 12.9. The second-order valence-electron chi connectivity index (χ2n) is 5.95. The summed E-state index contributed by atoms with van der Waals surface area (Å²) in [5.41, 5.74) is -0.751. The highest BCUT2D eigenvalue weighted by Gasteiger charge is 2.42. The van der Waals surface area contributed by atoms with Crippen molar-refractivity contribution >= 4 is 5.82 Å². The highest BCUT2D eigenvalue weighted by molar-refractivity contribution is 5.34. The predicted octanol–water partition coefficient (Wildman–Crippen LogP) is 0.479. The number of ether oxygens (including phenoxy) is 1. The van der Waals surface area contributed by atoms with E-state index in [-0.39, 0.29) is 5.82 Å². The number of rotatable bonds is 5. The smallest absolute Gasteiger partial charge is 0.351 e. The molecule has 4 atom stereocenters. The molecule has 0 spiro atoms. The molecule has 2 heterocycles. The fourth-order valence-corrected chi connectivity index (χ4v) is 2.29. The van der Waals surface area contributed by atoms with Crippen LogP contribution >= 0.6 is 0 Å². The van der Waals surface area contributed by atoms with E-state index in [1.165, 1.54) is 0 Å². The molecule has 3 N–H and O–H groups in total. The fraction of sp³-hybridized carbons (Fsp3) is 0.714. The largest absolute Gasteiger partial charge is 0.388 e. The molecule has 124 valence electrons. The topological polar surface area (TPSA) is 96.6 Å². The van der Waals surface area contributed by atoms with E-state index in [9.17, 15) is 19.4 Å². The Balaban J connectivity index is 2.18. The normalized spacial score (nSPS) is 28.3. The molecule has 7 nitrogen and oxygen atoms in total. The maximum atomic E-state index is 14.0. The molecule has 8 heteroatoms. The minimum Gasteiger partial charge on any atom is -0.388 e. The molecule has 0 unspecified atom stereocenters. The molecule has 0 aliphatic carbocycles. The van der Waals surface area contributed by atoms with E-state index < -0.39 is 36.0 Å². The van der Waals surface area contributed by atoms with Crippen LogP contribution in [0.2, 0.25) is 0 Å². The van der Waals surface area contributed by atoms with E-state index in [2.05, 4.69) is 10.3 Å². The highest BCUT2D eigenvalue weighted by Crippen LogP contribution is 2.28. The molecule has 0 radical (unpaired) electrons. The summed E-state index contributed by atoms with van der Waals surface area (Å²) >= 11 is 0. The first-order valence-electron chi connectivity index (χ1n) is 7.35. The maximum absolute atomic E-state index is 14.0. The van der Waals surface area contributed by atoms with Crippen LogP contribution in [0.3, 0.4) is 0 Å². The number of hydrogen-bond acceptors (Lipinski definition) is 6. The van der Waals surface area contributed by atoms with Gasteiger partial charge in [-0.1, -0.05) is 13.8 Å². The summed E-state index contributed by atoms with van der Waals surface area (Å²) in [6.07, 6.45) is -2.50. The molecule has 22 heavy (non-hydrogen) atoms. The van der Waals surface area contributed by atoms with E-state index in [1.807, 2.05) is 13.8 Å². The minimum atomic E-state index is -1.31. The van der Waals surface area contributed by atoms with E-state index in [1.54, 1.807) is 6.92 Å². The van der Waals surface area contributed by atoms with E-state index in [0.29, 0.717) is 12.5 Å². The van der Waals surface area contributed by atoms with E-state index in [0.717, 1.165) is 17.2 Å². The van der Waals surface area contributed by atoms with Crippen LogP contribution in [0.15, 0.2) is 11.0 Å². The van der Waals surface area contributed by atoms with Crippen molar-refractivity contribution in [2.45, 2.75) is 51.7 Å². The number of halogens is 1. The molecule has 1 aromatic heterocycles. The van der Waals surface area contributed by atoms with Gasteiger partial charge in [-0.25, -0.2) is 9.18 Å². The van der Waals surface area contributed by atoms with Gasteiger partial charge in [0.25, 0.3) is 0 Å². The summed E-state index contributed by atoms with van der Waals surface area (Å²) in [5.74, 6) is -0.392. The molecule has 1 fully saturated rings. The van der Waals surface area contributed by atoms with Gasteiger partial charge in [0, 0.05) is 6.54 Å². The van der Waals surface area contributed by atoms with Gasteiger partial charge in [-0.2, -0.15) is 4.98 Å². The lowest BCUT2D eigenvalue weighted by molar-refractivity contribution is -0.0355. The first-order chi connectivity index (χ1) is 10.3. The third-order valence-electron chi connectivity index (χ3n) is 3.67. The number of aromatic nitrogens is 2. The van der Waals surface area contributed by atoms with Crippen LogP contribution in [0.5, 0.6) is 0 Å². The molecule has 0 bridgehead atoms. The van der Waals surface area contributed by atoms with Crippen molar-refractivity contribution in [3.05, 3.63) is 22.5 Å². The second-order valence-corrected chi connectivity index (χ2v) is 5.95. The van der Waals surface area contributed by atoms with Gasteiger partial charge in [0.05, 0.1) is 12.3 Å². The van der Waals surface area contributed by atoms with Gasteiger partial charge < -0.3 is 20.3 Å². The molecule has 1 saturated heterocycles. The molecule has 1 aliphatic rings. The number of anilines is 1. The van der Waals surface area contributed by atoms with Crippen LogP contribution < -0.4 is 11.0 Å². The summed E-state index contributed by atoms with van der Waals surface area (Å²) in [7, 11) is 0. The van der Waals surface area contributed by atoms with Crippen LogP contribution in [0.25, 0.3) is 0 Å².